The Labute approximate surface area is 278 Å². The van der Waals surface area contributed by atoms with Gasteiger partial charge in [-0.15, -0.1) is 0 Å². The normalized spacial score (nSPS) is 27.2. The molecule has 0 radical (unpaired) electrons. The van der Waals surface area contributed by atoms with E-state index in [1.165, 1.54) is 73.7 Å². The highest BCUT2D eigenvalue weighted by molar-refractivity contribution is 5.92. The van der Waals surface area contributed by atoms with E-state index in [0.717, 1.165) is 0 Å². The Morgan fingerprint density at radius 3 is 2.11 bits per heavy atom. The summed E-state index contributed by atoms with van der Waals surface area (Å²) in [5, 5.41) is 2.58. The Morgan fingerprint density at radius 2 is 1.26 bits per heavy atom. The van der Waals surface area contributed by atoms with Crippen LogP contribution in [-0.2, 0) is 5.41 Å². The summed E-state index contributed by atoms with van der Waals surface area (Å²) >= 11 is 0. The Hall–Kier alpha value is -4.68. The second-order valence-electron chi connectivity index (χ2n) is 15.2. The second-order valence-corrected chi connectivity index (χ2v) is 15.2. The zero-order chi connectivity index (χ0) is 31.3. The number of benzene rings is 5. The first-order valence-electron chi connectivity index (χ1n) is 17.7. The molecule has 0 saturated heterocycles. The maximum Gasteiger partial charge on any atom is 0.0159 e. The third kappa shape index (κ3) is 4.07. The Balaban J connectivity index is 0.948. The molecule has 6 atom stereocenters. The SMILES string of the molecule is CC1(C)c2ccccc2-c2ccc(-c3ccc4ccc(-c5ccc(C6C=CC7C8C=CC=CC8C8=CCCC6C87)cc5)cc4c3)cc21. The highest BCUT2D eigenvalue weighted by Gasteiger charge is 2.51. The number of allylic oxidation sites excluding steroid dienone is 8. The number of hydrogen-bond acceptors (Lipinski definition) is 0. The van der Waals surface area contributed by atoms with Crippen LogP contribution < -0.4 is 0 Å². The molecule has 1 fully saturated rings. The average Bonchev–Trinajstić information content (AvgIpc) is 3.57. The van der Waals surface area contributed by atoms with Crippen molar-refractivity contribution >= 4 is 10.8 Å². The van der Waals surface area contributed by atoms with Crippen LogP contribution in [0.15, 0.2) is 151 Å². The molecule has 5 aromatic rings. The summed E-state index contributed by atoms with van der Waals surface area (Å²) in [5.41, 5.74) is 14.0. The summed E-state index contributed by atoms with van der Waals surface area (Å²) in [4.78, 5) is 0. The number of rotatable bonds is 3. The van der Waals surface area contributed by atoms with Crippen LogP contribution in [0, 0.1) is 29.6 Å². The fourth-order valence-electron chi connectivity index (χ4n) is 10.2. The van der Waals surface area contributed by atoms with Crippen LogP contribution in [-0.4, -0.2) is 0 Å². The van der Waals surface area contributed by atoms with Gasteiger partial charge < -0.3 is 0 Å². The van der Waals surface area contributed by atoms with Crippen LogP contribution in [0.1, 0.15) is 49.3 Å². The predicted octanol–water partition coefficient (Wildman–Crippen LogP) is 12.1. The molecule has 0 nitrogen and oxygen atoms in total. The van der Waals surface area contributed by atoms with Crippen molar-refractivity contribution in [1.82, 2.24) is 0 Å². The fourth-order valence-corrected chi connectivity index (χ4v) is 10.2. The number of hydrogen-bond donors (Lipinski definition) is 0. The van der Waals surface area contributed by atoms with Crippen molar-refractivity contribution in [2.24, 2.45) is 29.6 Å². The van der Waals surface area contributed by atoms with E-state index in [1.807, 2.05) is 0 Å². The third-order valence-corrected chi connectivity index (χ3v) is 12.5. The lowest BCUT2D eigenvalue weighted by atomic mass is 9.64. The van der Waals surface area contributed by atoms with Crippen molar-refractivity contribution in [3.05, 3.63) is 168 Å². The zero-order valence-corrected chi connectivity index (χ0v) is 27.2. The summed E-state index contributed by atoms with van der Waals surface area (Å²) in [6.45, 7) is 4.72. The van der Waals surface area contributed by atoms with Crippen LogP contribution in [0.25, 0.3) is 44.2 Å². The van der Waals surface area contributed by atoms with Gasteiger partial charge in [0.1, 0.15) is 0 Å². The van der Waals surface area contributed by atoms with E-state index in [0.29, 0.717) is 35.5 Å². The first-order chi connectivity index (χ1) is 23.0. The molecule has 0 heteroatoms. The molecule has 1 saturated carbocycles. The minimum Gasteiger partial charge on any atom is -0.0844 e. The maximum absolute atomic E-state index is 2.59. The van der Waals surface area contributed by atoms with Crippen molar-refractivity contribution in [1.29, 1.82) is 0 Å². The van der Waals surface area contributed by atoms with Crippen LogP contribution >= 0.6 is 0 Å². The standard InChI is InChI=1S/C47H40/c1-47(2)44-13-6-5-10-39(44)40-23-22-34(28-45(40)47)33-21-17-30-16-20-32(26-35(30)27-33)29-14-18-31(19-15-29)36-24-25-43-38-9-4-3-8-37(38)42-12-7-11-41(36)46(42)43/h3-6,8-10,12-28,36-38,41,43,46H,7,11H2,1-2H3. The van der Waals surface area contributed by atoms with Gasteiger partial charge in [0.2, 0.25) is 0 Å². The molecule has 5 aliphatic carbocycles. The average molecular weight is 605 g/mol. The summed E-state index contributed by atoms with van der Waals surface area (Å²) in [6.07, 6.45) is 19.7. The highest BCUT2D eigenvalue weighted by Crippen LogP contribution is 2.59. The van der Waals surface area contributed by atoms with Crippen molar-refractivity contribution in [3.8, 4) is 33.4 Å². The predicted molar refractivity (Wildman–Crippen MR) is 197 cm³/mol. The summed E-state index contributed by atoms with van der Waals surface area (Å²) in [6, 6.07) is 39.4. The molecular weight excluding hydrogens is 565 g/mol. The fraction of sp³-hybridized carbons (Fsp3) is 0.234. The molecule has 5 aliphatic rings. The molecule has 10 rings (SSSR count). The third-order valence-electron chi connectivity index (χ3n) is 12.5. The summed E-state index contributed by atoms with van der Waals surface area (Å²) in [7, 11) is 0. The van der Waals surface area contributed by atoms with Gasteiger partial charge in [-0.3, -0.25) is 0 Å². The van der Waals surface area contributed by atoms with Gasteiger partial charge in [0.25, 0.3) is 0 Å². The molecule has 0 spiro atoms. The topological polar surface area (TPSA) is 0 Å². The Bertz CT molecular complexity index is 2200. The smallest absolute Gasteiger partial charge is 0.0159 e. The molecule has 228 valence electrons. The van der Waals surface area contributed by atoms with Crippen LogP contribution in [0.2, 0.25) is 0 Å². The van der Waals surface area contributed by atoms with Crippen LogP contribution in [0.3, 0.4) is 0 Å². The highest BCUT2D eigenvalue weighted by atomic mass is 14.5. The van der Waals surface area contributed by atoms with Gasteiger partial charge in [-0.1, -0.05) is 147 Å². The van der Waals surface area contributed by atoms with Gasteiger partial charge >= 0.3 is 0 Å². The summed E-state index contributed by atoms with van der Waals surface area (Å²) in [5.74, 6) is 3.84. The van der Waals surface area contributed by atoms with E-state index in [-0.39, 0.29) is 5.41 Å². The van der Waals surface area contributed by atoms with E-state index in [2.05, 4.69) is 160 Å². The minimum absolute atomic E-state index is 0.00733. The molecule has 6 unspecified atom stereocenters. The largest absolute Gasteiger partial charge is 0.0844 e. The zero-order valence-electron chi connectivity index (χ0n) is 27.2. The monoisotopic (exact) mass is 604 g/mol. The van der Waals surface area contributed by atoms with Gasteiger partial charge in [0.05, 0.1) is 0 Å². The first-order valence-corrected chi connectivity index (χ1v) is 17.7. The Morgan fingerprint density at radius 1 is 0.553 bits per heavy atom. The molecule has 0 amide bonds. The van der Waals surface area contributed by atoms with E-state index in [9.17, 15) is 0 Å². The van der Waals surface area contributed by atoms with Gasteiger partial charge in [-0.25, -0.2) is 0 Å². The van der Waals surface area contributed by atoms with E-state index < -0.39 is 0 Å². The molecule has 5 aromatic carbocycles. The Kier molecular flexibility index (Phi) is 5.93. The first kappa shape index (κ1) is 27.4. The van der Waals surface area contributed by atoms with Crippen molar-refractivity contribution in [2.45, 2.75) is 38.0 Å². The molecule has 0 aromatic heterocycles. The quantitative estimate of drug-likeness (QED) is 0.180. The lowest BCUT2D eigenvalue weighted by Crippen LogP contribution is -2.31. The van der Waals surface area contributed by atoms with Crippen LogP contribution in [0.5, 0.6) is 0 Å². The van der Waals surface area contributed by atoms with Gasteiger partial charge in [-0.2, -0.15) is 0 Å². The van der Waals surface area contributed by atoms with E-state index >= 15 is 0 Å². The molecule has 0 aliphatic heterocycles. The van der Waals surface area contributed by atoms with Crippen molar-refractivity contribution in [2.75, 3.05) is 0 Å². The molecular formula is C47H40. The second kappa shape index (κ2) is 10.2. The van der Waals surface area contributed by atoms with Crippen LogP contribution in [0.4, 0.5) is 0 Å². The molecule has 47 heavy (non-hydrogen) atoms. The lowest BCUT2D eigenvalue weighted by molar-refractivity contribution is 0.248. The summed E-state index contributed by atoms with van der Waals surface area (Å²) < 4.78 is 0. The van der Waals surface area contributed by atoms with E-state index in [1.54, 1.807) is 5.57 Å². The van der Waals surface area contributed by atoms with Gasteiger partial charge in [0, 0.05) is 17.3 Å². The molecule has 0 bridgehead atoms. The minimum atomic E-state index is 0.00733. The molecule has 0 N–H and O–H groups in total. The lowest BCUT2D eigenvalue weighted by Gasteiger charge is -2.40. The number of fused-ring (bicyclic) bond motifs is 7. The van der Waals surface area contributed by atoms with E-state index in [4.69, 9.17) is 0 Å². The molecule has 0 heterocycles. The van der Waals surface area contributed by atoms with Crippen molar-refractivity contribution < 1.29 is 0 Å². The van der Waals surface area contributed by atoms with Crippen molar-refractivity contribution in [3.63, 3.8) is 0 Å². The van der Waals surface area contributed by atoms with Gasteiger partial charge in [0.15, 0.2) is 0 Å². The maximum atomic E-state index is 2.59. The van der Waals surface area contributed by atoms with Gasteiger partial charge in [-0.05, 0) is 116 Å².